The number of nitrogens with zero attached hydrogens (tertiary/aromatic N) is 3. The molecule has 0 radical (unpaired) electrons. The minimum Gasteiger partial charge on any atom is -0.360 e. The molecule has 0 atom stereocenters. The van der Waals surface area contributed by atoms with Gasteiger partial charge in [-0.25, -0.2) is 0 Å². The van der Waals surface area contributed by atoms with Crippen LogP contribution in [0.4, 0.5) is 0 Å². The summed E-state index contributed by atoms with van der Waals surface area (Å²) in [5.41, 5.74) is 2.00. The van der Waals surface area contributed by atoms with Crippen LogP contribution in [0.25, 0.3) is 0 Å². The number of nitrogens with one attached hydrogen (secondary N) is 1. The molecule has 0 saturated carbocycles. The van der Waals surface area contributed by atoms with Gasteiger partial charge in [-0.3, -0.25) is 15.0 Å². The van der Waals surface area contributed by atoms with E-state index in [1.807, 2.05) is 6.92 Å². The van der Waals surface area contributed by atoms with Crippen LogP contribution in [-0.4, -0.2) is 26.4 Å². The van der Waals surface area contributed by atoms with Crippen LogP contribution in [0.2, 0.25) is 0 Å². The van der Waals surface area contributed by atoms with E-state index in [0.29, 0.717) is 6.54 Å². The standard InChI is InChI=1S/C12H18N4S/c1-9-6-14-10(7-13-9)8-15-11-16-12(2,3)4-5-17-11/h6-7H,4-5,8H2,1-3H3,(H,15,16). The highest BCUT2D eigenvalue weighted by Gasteiger charge is 2.23. The fraction of sp³-hybridized carbons (Fsp3) is 0.583. The first-order chi connectivity index (χ1) is 8.05. The van der Waals surface area contributed by atoms with Gasteiger partial charge in [0.2, 0.25) is 0 Å². The second-order valence-electron chi connectivity index (χ2n) is 4.88. The molecule has 1 aromatic heterocycles. The van der Waals surface area contributed by atoms with E-state index in [9.17, 15) is 0 Å². The van der Waals surface area contributed by atoms with Gasteiger partial charge in [-0.2, -0.15) is 0 Å². The molecule has 0 unspecified atom stereocenters. The lowest BCUT2D eigenvalue weighted by Crippen LogP contribution is -2.46. The molecule has 1 fully saturated rings. The smallest absolute Gasteiger partial charge is 0.157 e. The quantitative estimate of drug-likeness (QED) is 0.873. The summed E-state index contributed by atoms with van der Waals surface area (Å²) in [6.07, 6.45) is 4.74. The largest absolute Gasteiger partial charge is 0.360 e. The maximum Gasteiger partial charge on any atom is 0.157 e. The van der Waals surface area contributed by atoms with Crippen molar-refractivity contribution in [3.63, 3.8) is 0 Å². The van der Waals surface area contributed by atoms with Crippen molar-refractivity contribution >= 4 is 16.9 Å². The molecular formula is C12H18N4S. The third-order valence-electron chi connectivity index (χ3n) is 2.63. The number of hydrogen-bond acceptors (Lipinski definition) is 4. The van der Waals surface area contributed by atoms with Crippen molar-refractivity contribution in [1.29, 1.82) is 0 Å². The highest BCUT2D eigenvalue weighted by Crippen LogP contribution is 2.21. The van der Waals surface area contributed by atoms with Crippen molar-refractivity contribution < 1.29 is 0 Å². The first kappa shape index (κ1) is 12.4. The summed E-state index contributed by atoms with van der Waals surface area (Å²) in [4.78, 5) is 13.0. The number of hydrogen-bond donors (Lipinski definition) is 1. The summed E-state index contributed by atoms with van der Waals surface area (Å²) in [5, 5.41) is 4.46. The molecule has 17 heavy (non-hydrogen) atoms. The lowest BCUT2D eigenvalue weighted by Gasteiger charge is -2.32. The van der Waals surface area contributed by atoms with Crippen LogP contribution in [0.5, 0.6) is 0 Å². The summed E-state index contributed by atoms with van der Waals surface area (Å²) in [6, 6.07) is 0. The number of aryl methyl sites for hydroxylation is 1. The number of aliphatic imine (C=N–C) groups is 1. The zero-order chi connectivity index (χ0) is 12.3. The molecule has 2 heterocycles. The Bertz CT molecular complexity index is 411. The van der Waals surface area contributed by atoms with Gasteiger partial charge < -0.3 is 5.32 Å². The van der Waals surface area contributed by atoms with Crippen LogP contribution >= 0.6 is 11.8 Å². The van der Waals surface area contributed by atoms with Gasteiger partial charge in [0.05, 0.1) is 24.1 Å². The zero-order valence-corrected chi connectivity index (χ0v) is 11.3. The van der Waals surface area contributed by atoms with Crippen LogP contribution in [0.3, 0.4) is 0 Å². The number of thioether (sulfide) groups is 1. The Balaban J connectivity index is 1.98. The normalized spacial score (nSPS) is 21.2. The molecule has 92 valence electrons. The number of amidine groups is 1. The molecule has 0 aliphatic carbocycles. The fourth-order valence-electron chi connectivity index (χ4n) is 1.53. The third-order valence-corrected chi connectivity index (χ3v) is 3.54. The van der Waals surface area contributed by atoms with Gasteiger partial charge in [0.25, 0.3) is 0 Å². The van der Waals surface area contributed by atoms with Crippen LogP contribution in [0, 0.1) is 6.92 Å². The second-order valence-corrected chi connectivity index (χ2v) is 5.96. The molecule has 4 nitrogen and oxygen atoms in total. The Kier molecular flexibility index (Phi) is 3.66. The Morgan fingerprint density at radius 2 is 2.24 bits per heavy atom. The van der Waals surface area contributed by atoms with Crippen molar-refractivity contribution in [2.24, 2.45) is 4.99 Å². The van der Waals surface area contributed by atoms with Crippen molar-refractivity contribution in [3.05, 3.63) is 23.8 Å². The summed E-state index contributed by atoms with van der Waals surface area (Å²) in [6.45, 7) is 6.93. The predicted octanol–water partition coefficient (Wildman–Crippen LogP) is 2.15. The summed E-state index contributed by atoms with van der Waals surface area (Å²) in [7, 11) is 0. The lowest BCUT2D eigenvalue weighted by molar-refractivity contribution is 0.446. The fourth-order valence-corrected chi connectivity index (χ4v) is 2.84. The first-order valence-electron chi connectivity index (χ1n) is 5.78. The van der Waals surface area contributed by atoms with Gasteiger partial charge in [0, 0.05) is 17.5 Å². The molecule has 1 N–H and O–H groups in total. The molecule has 0 amide bonds. The van der Waals surface area contributed by atoms with Gasteiger partial charge >= 0.3 is 0 Å². The van der Waals surface area contributed by atoms with E-state index in [0.717, 1.165) is 22.3 Å². The van der Waals surface area contributed by atoms with Crippen molar-refractivity contribution in [2.75, 3.05) is 5.75 Å². The topological polar surface area (TPSA) is 50.2 Å². The van der Waals surface area contributed by atoms with Gasteiger partial charge in [-0.05, 0) is 27.2 Å². The maximum absolute atomic E-state index is 4.54. The minimum absolute atomic E-state index is 0.156. The van der Waals surface area contributed by atoms with Gasteiger partial charge in [0.1, 0.15) is 0 Å². The van der Waals surface area contributed by atoms with Crippen molar-refractivity contribution in [3.8, 4) is 0 Å². The molecule has 5 heteroatoms. The van der Waals surface area contributed by atoms with E-state index < -0.39 is 0 Å². The third kappa shape index (κ3) is 3.70. The summed E-state index contributed by atoms with van der Waals surface area (Å²) < 4.78 is 0. The maximum atomic E-state index is 4.54. The van der Waals surface area contributed by atoms with E-state index in [1.54, 1.807) is 24.2 Å². The molecule has 1 aliphatic rings. The zero-order valence-electron chi connectivity index (χ0n) is 10.5. The highest BCUT2D eigenvalue weighted by atomic mass is 32.2. The molecule has 0 aromatic carbocycles. The van der Waals surface area contributed by atoms with E-state index in [2.05, 4.69) is 34.1 Å². The van der Waals surface area contributed by atoms with Crippen LogP contribution < -0.4 is 5.32 Å². The molecule has 1 saturated heterocycles. The monoisotopic (exact) mass is 250 g/mol. The molecule has 2 rings (SSSR count). The van der Waals surface area contributed by atoms with Gasteiger partial charge in [0.15, 0.2) is 5.17 Å². The van der Waals surface area contributed by atoms with E-state index in [-0.39, 0.29) is 5.54 Å². The van der Waals surface area contributed by atoms with E-state index in [1.165, 1.54) is 6.42 Å². The molecule has 1 aliphatic heterocycles. The Morgan fingerprint density at radius 3 is 2.88 bits per heavy atom. The minimum atomic E-state index is 0.156. The molecule has 0 bridgehead atoms. The predicted molar refractivity (Wildman–Crippen MR) is 72.2 cm³/mol. The van der Waals surface area contributed by atoms with Gasteiger partial charge in [-0.15, -0.1) is 0 Å². The Labute approximate surface area is 106 Å². The second kappa shape index (κ2) is 5.04. The van der Waals surface area contributed by atoms with E-state index >= 15 is 0 Å². The van der Waals surface area contributed by atoms with Gasteiger partial charge in [-0.1, -0.05) is 11.8 Å². The summed E-state index contributed by atoms with van der Waals surface area (Å²) in [5.74, 6) is 1.12. The Hall–Kier alpha value is -1.10. The molecule has 0 spiro atoms. The van der Waals surface area contributed by atoms with E-state index in [4.69, 9.17) is 0 Å². The van der Waals surface area contributed by atoms with Crippen molar-refractivity contribution in [1.82, 2.24) is 15.3 Å². The number of aromatic nitrogens is 2. The average molecular weight is 250 g/mol. The molecule has 1 aromatic rings. The molecular weight excluding hydrogens is 232 g/mol. The van der Waals surface area contributed by atoms with Crippen LogP contribution in [0.15, 0.2) is 17.4 Å². The number of rotatable bonds is 2. The van der Waals surface area contributed by atoms with Crippen LogP contribution in [-0.2, 0) is 6.54 Å². The first-order valence-corrected chi connectivity index (χ1v) is 6.77. The Morgan fingerprint density at radius 1 is 1.41 bits per heavy atom. The van der Waals surface area contributed by atoms with Crippen molar-refractivity contribution in [2.45, 2.75) is 39.3 Å². The van der Waals surface area contributed by atoms with Crippen LogP contribution in [0.1, 0.15) is 31.7 Å². The SMILES string of the molecule is Cc1cnc(CN=C2NC(C)(C)CCS2)cn1. The average Bonchev–Trinajstić information content (AvgIpc) is 2.27. The lowest BCUT2D eigenvalue weighted by atomic mass is 10.0. The highest BCUT2D eigenvalue weighted by molar-refractivity contribution is 8.13. The summed E-state index contributed by atoms with van der Waals surface area (Å²) >= 11 is 1.78.